The van der Waals surface area contributed by atoms with Gasteiger partial charge >= 0.3 is 0 Å². The molecule has 2 aromatic carbocycles. The number of aromatic amines is 1. The second-order valence-corrected chi connectivity index (χ2v) is 7.33. The molecule has 5 heteroatoms. The van der Waals surface area contributed by atoms with Crippen molar-refractivity contribution in [2.75, 3.05) is 6.26 Å². The van der Waals surface area contributed by atoms with E-state index in [1.54, 1.807) is 0 Å². The van der Waals surface area contributed by atoms with Gasteiger partial charge in [0, 0.05) is 11.6 Å². The number of aromatic nitrogens is 2. The van der Waals surface area contributed by atoms with Crippen LogP contribution in [-0.4, -0.2) is 24.3 Å². The van der Waals surface area contributed by atoms with Crippen molar-refractivity contribution in [1.29, 1.82) is 0 Å². The van der Waals surface area contributed by atoms with Gasteiger partial charge in [-0.3, -0.25) is 9.61 Å². The molecule has 110 valence electrons. The first-order valence-electron chi connectivity index (χ1n) is 6.93. The highest BCUT2D eigenvalue weighted by atomic mass is 32.2. The van der Waals surface area contributed by atoms with Crippen LogP contribution < -0.4 is 0 Å². The third kappa shape index (κ3) is 1.86. The lowest BCUT2D eigenvalue weighted by molar-refractivity contribution is 0.603. The Kier molecular flexibility index (Phi) is 2.68. The Balaban J connectivity index is 2.13. The summed E-state index contributed by atoms with van der Waals surface area (Å²) in [6.07, 6.45) is 1.25. The molecule has 0 amide bonds. The van der Waals surface area contributed by atoms with Crippen LogP contribution in [0.25, 0.3) is 27.7 Å². The molecule has 0 spiro atoms. The number of H-pyrrole nitrogens is 1. The van der Waals surface area contributed by atoms with Gasteiger partial charge in [0.2, 0.25) is 0 Å². The van der Waals surface area contributed by atoms with Gasteiger partial charge in [-0.2, -0.15) is 0 Å². The summed E-state index contributed by atoms with van der Waals surface area (Å²) in [5.74, 6) is 0. The Morgan fingerprint density at radius 2 is 1.59 bits per heavy atom. The highest BCUT2D eigenvalue weighted by molar-refractivity contribution is 7.91. The molecule has 0 bridgehead atoms. The number of sulfone groups is 1. The molecule has 0 saturated carbocycles. The lowest BCUT2D eigenvalue weighted by Gasteiger charge is -1.98. The maximum absolute atomic E-state index is 12.2. The van der Waals surface area contributed by atoms with E-state index in [0.717, 1.165) is 22.2 Å². The van der Waals surface area contributed by atoms with E-state index < -0.39 is 9.84 Å². The summed E-state index contributed by atoms with van der Waals surface area (Å²) >= 11 is 0. The summed E-state index contributed by atoms with van der Waals surface area (Å²) in [7, 11) is -3.32. The van der Waals surface area contributed by atoms with Gasteiger partial charge in [-0.1, -0.05) is 48.5 Å². The van der Waals surface area contributed by atoms with E-state index in [1.165, 1.54) is 6.26 Å². The Labute approximate surface area is 127 Å². The summed E-state index contributed by atoms with van der Waals surface area (Å²) in [6.45, 7) is 0. The zero-order chi connectivity index (χ0) is 15.3. The molecular formula is C17H14N2O2S. The van der Waals surface area contributed by atoms with Crippen LogP contribution in [0.5, 0.6) is 0 Å². The number of rotatable bonds is 2. The van der Waals surface area contributed by atoms with Crippen LogP contribution in [0.15, 0.2) is 65.6 Å². The lowest BCUT2D eigenvalue weighted by atomic mass is 10.1. The van der Waals surface area contributed by atoms with Crippen molar-refractivity contribution >= 4 is 26.3 Å². The van der Waals surface area contributed by atoms with Gasteiger partial charge in [0.1, 0.15) is 4.90 Å². The molecule has 22 heavy (non-hydrogen) atoms. The molecule has 0 radical (unpaired) electrons. The Hall–Kier alpha value is -2.53. The first-order valence-corrected chi connectivity index (χ1v) is 8.82. The summed E-state index contributed by atoms with van der Waals surface area (Å²) in [5, 5.41) is 4.05. The normalized spacial score (nSPS) is 12.2. The van der Waals surface area contributed by atoms with E-state index in [9.17, 15) is 8.42 Å². The zero-order valence-corrected chi connectivity index (χ0v) is 12.8. The minimum absolute atomic E-state index is 0.376. The van der Waals surface area contributed by atoms with Crippen molar-refractivity contribution in [3.63, 3.8) is 0 Å². The Morgan fingerprint density at radius 1 is 0.909 bits per heavy atom. The lowest BCUT2D eigenvalue weighted by Crippen LogP contribution is -1.96. The van der Waals surface area contributed by atoms with Gasteiger partial charge in [-0.05, 0) is 17.7 Å². The van der Waals surface area contributed by atoms with Gasteiger partial charge in [0.05, 0.1) is 16.7 Å². The maximum Gasteiger partial charge on any atom is 0.178 e. The van der Waals surface area contributed by atoms with Gasteiger partial charge in [0.15, 0.2) is 9.84 Å². The third-order valence-corrected chi connectivity index (χ3v) is 5.00. The van der Waals surface area contributed by atoms with E-state index >= 15 is 0 Å². The average molecular weight is 310 g/mol. The van der Waals surface area contributed by atoms with Crippen LogP contribution in [0, 0.1) is 0 Å². The van der Waals surface area contributed by atoms with Gasteiger partial charge in [-0.15, -0.1) is 0 Å². The number of nitrogens with one attached hydrogen (secondary N) is 1. The number of para-hydroxylation sites is 1. The number of hydrogen-bond acceptors (Lipinski definition) is 2. The van der Waals surface area contributed by atoms with E-state index in [2.05, 4.69) is 5.10 Å². The second-order valence-electron chi connectivity index (χ2n) is 5.37. The van der Waals surface area contributed by atoms with E-state index in [1.807, 2.05) is 65.2 Å². The van der Waals surface area contributed by atoms with Gasteiger partial charge in [-0.25, -0.2) is 8.42 Å². The Morgan fingerprint density at radius 3 is 2.32 bits per heavy atom. The van der Waals surface area contributed by atoms with E-state index in [4.69, 9.17) is 0 Å². The fraction of sp³-hybridized carbons (Fsp3) is 0.0588. The predicted octanol–water partition coefficient (Wildman–Crippen LogP) is 3.49. The summed E-state index contributed by atoms with van der Waals surface area (Å²) < 4.78 is 26.3. The standard InChI is InChI=1S/C17H14N2O2S/c1-22(20,21)17-13-9-5-6-10-15(13)19-16(17)11-14(18-19)12-7-3-2-4-8-12/h2-11,18H,1H3. The van der Waals surface area contributed by atoms with Crippen LogP contribution in [0.4, 0.5) is 0 Å². The maximum atomic E-state index is 12.2. The highest BCUT2D eigenvalue weighted by Gasteiger charge is 2.21. The largest absolute Gasteiger partial charge is 0.293 e. The smallest absolute Gasteiger partial charge is 0.178 e. The first kappa shape index (κ1) is 13.2. The van der Waals surface area contributed by atoms with Crippen molar-refractivity contribution in [3.05, 3.63) is 60.7 Å². The van der Waals surface area contributed by atoms with E-state index in [-0.39, 0.29) is 0 Å². The summed E-state index contributed by atoms with van der Waals surface area (Å²) in [4.78, 5) is 0.376. The van der Waals surface area contributed by atoms with Gasteiger partial charge in [0.25, 0.3) is 0 Å². The molecule has 2 aromatic heterocycles. The number of hydrogen-bond donors (Lipinski definition) is 1. The van der Waals surface area contributed by atoms with Crippen molar-refractivity contribution < 1.29 is 8.42 Å². The molecule has 0 aliphatic carbocycles. The minimum Gasteiger partial charge on any atom is -0.293 e. The second kappa shape index (κ2) is 4.48. The molecule has 0 fully saturated rings. The van der Waals surface area contributed by atoms with Crippen LogP contribution in [0.1, 0.15) is 0 Å². The Bertz CT molecular complexity index is 1090. The van der Waals surface area contributed by atoms with Crippen molar-refractivity contribution in [1.82, 2.24) is 9.61 Å². The third-order valence-electron chi connectivity index (χ3n) is 3.83. The number of nitrogens with zero attached hydrogens (tertiary/aromatic N) is 1. The quantitative estimate of drug-likeness (QED) is 0.616. The molecule has 4 nitrogen and oxygen atoms in total. The minimum atomic E-state index is -3.32. The van der Waals surface area contributed by atoms with Crippen LogP contribution in [-0.2, 0) is 9.84 Å². The number of fused-ring (bicyclic) bond motifs is 3. The fourth-order valence-electron chi connectivity index (χ4n) is 2.93. The molecule has 0 aliphatic heterocycles. The molecule has 4 aromatic rings. The molecule has 1 N–H and O–H groups in total. The number of benzene rings is 2. The van der Waals surface area contributed by atoms with E-state index in [0.29, 0.717) is 10.4 Å². The summed E-state index contributed by atoms with van der Waals surface area (Å²) in [5.41, 5.74) is 3.46. The van der Waals surface area contributed by atoms with Crippen LogP contribution >= 0.6 is 0 Å². The summed E-state index contributed by atoms with van der Waals surface area (Å²) in [6, 6.07) is 19.3. The molecule has 4 rings (SSSR count). The van der Waals surface area contributed by atoms with Crippen molar-refractivity contribution in [2.45, 2.75) is 4.90 Å². The molecule has 0 atom stereocenters. The predicted molar refractivity (Wildman–Crippen MR) is 87.8 cm³/mol. The SMILES string of the molecule is CS(=O)(=O)c1c2ccccc2n2[nH]c(-c3ccccc3)cc12. The fourth-order valence-corrected chi connectivity index (χ4v) is 4.03. The molecule has 0 saturated heterocycles. The van der Waals surface area contributed by atoms with Crippen molar-refractivity contribution in [3.8, 4) is 11.3 Å². The van der Waals surface area contributed by atoms with Crippen molar-refractivity contribution in [2.24, 2.45) is 0 Å². The average Bonchev–Trinajstić information content (AvgIpc) is 3.03. The highest BCUT2D eigenvalue weighted by Crippen LogP contribution is 2.32. The van der Waals surface area contributed by atoms with Crippen LogP contribution in [0.3, 0.4) is 0 Å². The topological polar surface area (TPSA) is 54.3 Å². The molecule has 0 unspecified atom stereocenters. The first-order chi connectivity index (χ1) is 10.6. The molecule has 0 aliphatic rings. The van der Waals surface area contributed by atoms with Gasteiger partial charge < -0.3 is 0 Å². The molecular weight excluding hydrogens is 296 g/mol. The van der Waals surface area contributed by atoms with Crippen LogP contribution in [0.2, 0.25) is 0 Å². The molecule has 2 heterocycles. The monoisotopic (exact) mass is 310 g/mol. The zero-order valence-electron chi connectivity index (χ0n) is 11.9.